The fraction of sp³-hybridized carbons (Fsp3) is 0.0625. The second kappa shape index (κ2) is 7.22. The summed E-state index contributed by atoms with van der Waals surface area (Å²) in [6.07, 6.45) is 3.35. The maximum atomic E-state index is 13.7. The van der Waals surface area contributed by atoms with E-state index < -0.39 is 26.5 Å². The van der Waals surface area contributed by atoms with Crippen LogP contribution in [-0.4, -0.2) is 25.5 Å². The average molecular weight is 364 g/mol. The Labute approximate surface area is 142 Å². The zero-order chi connectivity index (χ0) is 18.6. The first-order valence-electron chi connectivity index (χ1n) is 6.90. The molecule has 0 aliphatic heterocycles. The van der Waals surface area contributed by atoms with E-state index in [1.807, 2.05) is 0 Å². The number of anilines is 1. The molecule has 1 amide bonds. The molecule has 0 aromatic heterocycles. The third kappa shape index (κ3) is 4.95. The number of hydrogen-bond acceptors (Lipinski definition) is 5. The van der Waals surface area contributed by atoms with Gasteiger partial charge in [0, 0.05) is 24.5 Å². The van der Waals surface area contributed by atoms with Crippen molar-refractivity contribution in [1.82, 2.24) is 0 Å². The second-order valence-corrected chi connectivity index (χ2v) is 7.10. The number of benzene rings is 2. The molecule has 0 saturated carbocycles. The highest BCUT2D eigenvalue weighted by molar-refractivity contribution is 7.90. The largest absolute Gasteiger partial charge is 0.320 e. The van der Waals surface area contributed by atoms with Gasteiger partial charge in [-0.1, -0.05) is 12.1 Å². The van der Waals surface area contributed by atoms with Gasteiger partial charge in [0.05, 0.1) is 15.5 Å². The molecule has 0 aliphatic carbocycles. The lowest BCUT2D eigenvalue weighted by Crippen LogP contribution is -2.10. The number of non-ortho nitro benzene ring substituents is 1. The smallest absolute Gasteiger partial charge is 0.270 e. The number of nitrogens with zero attached hydrogens (tertiary/aromatic N) is 1. The standard InChI is InChI=1S/C16H13FN2O5S/c1-25(23,24)13-6-7-14(17)15(10-13)18-16(20)8-5-11-3-2-4-12(9-11)19(21)22/h2-10H,1H3,(H,18,20)/b8-5+. The van der Waals surface area contributed by atoms with Gasteiger partial charge in [-0.25, -0.2) is 12.8 Å². The summed E-state index contributed by atoms with van der Waals surface area (Å²) in [4.78, 5) is 21.9. The van der Waals surface area contributed by atoms with Gasteiger partial charge in [-0.2, -0.15) is 0 Å². The van der Waals surface area contributed by atoms with Crippen LogP contribution in [0.15, 0.2) is 53.4 Å². The topological polar surface area (TPSA) is 106 Å². The van der Waals surface area contributed by atoms with Crippen molar-refractivity contribution in [1.29, 1.82) is 0 Å². The van der Waals surface area contributed by atoms with E-state index in [-0.39, 0.29) is 16.3 Å². The first-order valence-corrected chi connectivity index (χ1v) is 8.79. The highest BCUT2D eigenvalue weighted by Gasteiger charge is 2.12. The Bertz CT molecular complexity index is 970. The molecule has 130 valence electrons. The number of amides is 1. The van der Waals surface area contributed by atoms with Crippen molar-refractivity contribution in [3.63, 3.8) is 0 Å². The van der Waals surface area contributed by atoms with Crippen molar-refractivity contribution < 1.29 is 22.5 Å². The van der Waals surface area contributed by atoms with Crippen molar-refractivity contribution in [2.45, 2.75) is 4.90 Å². The Balaban J connectivity index is 2.18. The molecule has 0 spiro atoms. The van der Waals surface area contributed by atoms with E-state index >= 15 is 0 Å². The monoisotopic (exact) mass is 364 g/mol. The number of hydrogen-bond donors (Lipinski definition) is 1. The molecular formula is C16H13FN2O5S. The third-order valence-corrected chi connectivity index (χ3v) is 4.24. The van der Waals surface area contributed by atoms with Crippen LogP contribution in [0.4, 0.5) is 15.8 Å². The molecule has 0 bridgehead atoms. The van der Waals surface area contributed by atoms with Crippen LogP contribution in [0.3, 0.4) is 0 Å². The van der Waals surface area contributed by atoms with Crippen LogP contribution in [0.2, 0.25) is 0 Å². The Morgan fingerprint density at radius 2 is 1.96 bits per heavy atom. The molecule has 2 rings (SSSR count). The maximum Gasteiger partial charge on any atom is 0.270 e. The van der Waals surface area contributed by atoms with Crippen molar-refractivity contribution in [3.05, 3.63) is 70.0 Å². The predicted molar refractivity (Wildman–Crippen MR) is 90.3 cm³/mol. The number of rotatable bonds is 5. The van der Waals surface area contributed by atoms with E-state index in [0.29, 0.717) is 5.56 Å². The number of halogens is 1. The number of nitro benzene ring substituents is 1. The molecule has 0 fully saturated rings. The van der Waals surface area contributed by atoms with E-state index in [1.54, 1.807) is 6.07 Å². The predicted octanol–water partition coefficient (Wildman–Crippen LogP) is 2.79. The Morgan fingerprint density at radius 1 is 1.24 bits per heavy atom. The summed E-state index contributed by atoms with van der Waals surface area (Å²) < 4.78 is 36.7. The van der Waals surface area contributed by atoms with Crippen molar-refractivity contribution in [3.8, 4) is 0 Å². The molecular weight excluding hydrogens is 351 g/mol. The van der Waals surface area contributed by atoms with Gasteiger partial charge in [0.15, 0.2) is 9.84 Å². The minimum absolute atomic E-state index is 0.130. The summed E-state index contributed by atoms with van der Waals surface area (Å²) in [5.74, 6) is -1.50. The number of carbonyl (C=O) groups excluding carboxylic acids is 1. The molecule has 0 aliphatic rings. The normalized spacial score (nSPS) is 11.4. The SMILES string of the molecule is CS(=O)(=O)c1ccc(F)c(NC(=O)/C=C/c2cccc([N+](=O)[O-])c2)c1. The van der Waals surface area contributed by atoms with Crippen LogP contribution in [0.25, 0.3) is 6.08 Å². The molecule has 2 aromatic rings. The molecule has 25 heavy (non-hydrogen) atoms. The lowest BCUT2D eigenvalue weighted by atomic mass is 10.2. The van der Waals surface area contributed by atoms with Gasteiger partial charge in [-0.3, -0.25) is 14.9 Å². The number of carbonyl (C=O) groups is 1. The molecule has 9 heteroatoms. The van der Waals surface area contributed by atoms with E-state index in [4.69, 9.17) is 0 Å². The highest BCUT2D eigenvalue weighted by Crippen LogP contribution is 2.20. The van der Waals surface area contributed by atoms with Crippen LogP contribution in [0.5, 0.6) is 0 Å². The van der Waals surface area contributed by atoms with Crippen LogP contribution >= 0.6 is 0 Å². The minimum Gasteiger partial charge on any atom is -0.320 e. The summed E-state index contributed by atoms with van der Waals surface area (Å²) in [7, 11) is -3.55. The van der Waals surface area contributed by atoms with Crippen molar-refractivity contribution >= 4 is 33.2 Å². The Morgan fingerprint density at radius 3 is 2.60 bits per heavy atom. The first kappa shape index (κ1) is 18.3. The lowest BCUT2D eigenvalue weighted by molar-refractivity contribution is -0.384. The molecule has 2 aromatic carbocycles. The van der Waals surface area contributed by atoms with Crippen LogP contribution < -0.4 is 5.32 Å². The summed E-state index contributed by atoms with van der Waals surface area (Å²) in [6.45, 7) is 0. The lowest BCUT2D eigenvalue weighted by Gasteiger charge is -2.06. The summed E-state index contributed by atoms with van der Waals surface area (Å²) in [5.41, 5.74) is 0.000724. The van der Waals surface area contributed by atoms with Crippen LogP contribution in [-0.2, 0) is 14.6 Å². The van der Waals surface area contributed by atoms with E-state index in [0.717, 1.165) is 30.5 Å². The molecule has 0 atom stereocenters. The average Bonchev–Trinajstić information content (AvgIpc) is 2.54. The van der Waals surface area contributed by atoms with E-state index in [9.17, 15) is 27.7 Å². The molecule has 0 unspecified atom stereocenters. The maximum absolute atomic E-state index is 13.7. The Kier molecular flexibility index (Phi) is 5.28. The van der Waals surface area contributed by atoms with Gasteiger partial charge in [-0.05, 0) is 29.8 Å². The van der Waals surface area contributed by atoms with Crippen LogP contribution in [0.1, 0.15) is 5.56 Å². The van der Waals surface area contributed by atoms with Gasteiger partial charge in [-0.15, -0.1) is 0 Å². The van der Waals surface area contributed by atoms with E-state index in [1.165, 1.54) is 24.3 Å². The fourth-order valence-electron chi connectivity index (χ4n) is 1.92. The molecule has 0 heterocycles. The summed E-state index contributed by atoms with van der Waals surface area (Å²) in [5, 5.41) is 12.9. The fourth-order valence-corrected chi connectivity index (χ4v) is 2.57. The van der Waals surface area contributed by atoms with Crippen LogP contribution in [0, 0.1) is 15.9 Å². The molecule has 7 nitrogen and oxygen atoms in total. The molecule has 1 N–H and O–H groups in total. The van der Waals surface area contributed by atoms with Gasteiger partial charge < -0.3 is 5.32 Å². The molecule has 0 radical (unpaired) electrons. The van der Waals surface area contributed by atoms with Gasteiger partial charge in [0.2, 0.25) is 5.91 Å². The van der Waals surface area contributed by atoms with Crippen molar-refractivity contribution in [2.75, 3.05) is 11.6 Å². The summed E-state index contributed by atoms with van der Waals surface area (Å²) >= 11 is 0. The highest BCUT2D eigenvalue weighted by atomic mass is 32.2. The van der Waals surface area contributed by atoms with Gasteiger partial charge in [0.1, 0.15) is 5.82 Å². The minimum atomic E-state index is -3.55. The first-order chi connectivity index (χ1) is 11.7. The summed E-state index contributed by atoms with van der Waals surface area (Å²) in [6, 6.07) is 8.66. The Hall–Kier alpha value is -3.07. The third-order valence-electron chi connectivity index (χ3n) is 3.13. The number of nitro groups is 1. The number of nitrogens with one attached hydrogen (secondary N) is 1. The second-order valence-electron chi connectivity index (χ2n) is 5.09. The van der Waals surface area contributed by atoms with E-state index in [2.05, 4.69) is 5.32 Å². The van der Waals surface area contributed by atoms with Gasteiger partial charge in [0.25, 0.3) is 5.69 Å². The van der Waals surface area contributed by atoms with Gasteiger partial charge >= 0.3 is 0 Å². The zero-order valence-corrected chi connectivity index (χ0v) is 13.8. The molecule has 0 saturated heterocycles. The number of sulfone groups is 1. The quantitative estimate of drug-likeness (QED) is 0.380. The zero-order valence-electron chi connectivity index (χ0n) is 13.0. The van der Waals surface area contributed by atoms with Crippen molar-refractivity contribution in [2.24, 2.45) is 0 Å².